The molecule has 1 fully saturated rings. The van der Waals surface area contributed by atoms with E-state index in [1.165, 1.54) is 0 Å². The first kappa shape index (κ1) is 23.3. The standard InChI is InChI=1S/C27H32N6O2/c1-18-4-7-25-24(12-18)30-26-22(15-29-31(26)3)16-33(25)27(35)21-6-5-20(19(2)13-21)14-23(34)17-32-10-8-28-9-11-32/h4-7,12-13,15,28,30H,8-11,14,16-17H2,1-3H3. The molecule has 1 aromatic heterocycles. The van der Waals surface area contributed by atoms with Gasteiger partial charge in [-0.05, 0) is 54.8 Å². The van der Waals surface area contributed by atoms with Crippen LogP contribution < -0.4 is 15.5 Å². The molecule has 0 saturated carbocycles. The minimum atomic E-state index is -0.0737. The quantitative estimate of drug-likeness (QED) is 0.594. The number of ketones is 1. The number of nitrogens with zero attached hydrogens (tertiary/aromatic N) is 4. The van der Waals surface area contributed by atoms with Crippen LogP contribution in [-0.4, -0.2) is 59.1 Å². The van der Waals surface area contributed by atoms with Crippen molar-refractivity contribution in [2.24, 2.45) is 7.05 Å². The van der Waals surface area contributed by atoms with E-state index < -0.39 is 0 Å². The number of piperazine rings is 1. The number of benzene rings is 2. The molecule has 1 amide bonds. The van der Waals surface area contributed by atoms with Crippen molar-refractivity contribution in [3.8, 4) is 0 Å². The largest absolute Gasteiger partial charge is 0.338 e. The second-order valence-corrected chi connectivity index (χ2v) is 9.56. The number of anilines is 3. The van der Waals surface area contributed by atoms with E-state index in [0.29, 0.717) is 25.1 Å². The van der Waals surface area contributed by atoms with Crippen LogP contribution in [0.2, 0.25) is 0 Å². The summed E-state index contributed by atoms with van der Waals surface area (Å²) in [5, 5.41) is 11.2. The van der Waals surface area contributed by atoms with E-state index in [2.05, 4.69) is 26.7 Å². The number of aryl methyl sites for hydroxylation is 3. The minimum absolute atomic E-state index is 0.0737. The van der Waals surface area contributed by atoms with Crippen molar-refractivity contribution in [1.29, 1.82) is 0 Å². The second-order valence-electron chi connectivity index (χ2n) is 9.56. The van der Waals surface area contributed by atoms with Gasteiger partial charge in [-0.3, -0.25) is 19.2 Å². The molecule has 0 spiro atoms. The zero-order valence-electron chi connectivity index (χ0n) is 20.6. The third-order valence-electron chi connectivity index (χ3n) is 6.87. The van der Waals surface area contributed by atoms with Crippen molar-refractivity contribution in [2.75, 3.05) is 42.9 Å². The average Bonchev–Trinajstić information content (AvgIpc) is 3.09. The molecule has 0 unspecified atom stereocenters. The van der Waals surface area contributed by atoms with E-state index in [1.807, 2.05) is 51.2 Å². The Balaban J connectivity index is 1.38. The maximum Gasteiger partial charge on any atom is 0.258 e. The van der Waals surface area contributed by atoms with Gasteiger partial charge < -0.3 is 15.5 Å². The van der Waals surface area contributed by atoms with Crippen LogP contribution in [-0.2, 0) is 24.8 Å². The van der Waals surface area contributed by atoms with Gasteiger partial charge in [-0.2, -0.15) is 5.10 Å². The van der Waals surface area contributed by atoms with Crippen LogP contribution in [0.15, 0.2) is 42.6 Å². The summed E-state index contributed by atoms with van der Waals surface area (Å²) in [4.78, 5) is 30.4. The molecule has 8 heteroatoms. The molecule has 182 valence electrons. The molecule has 35 heavy (non-hydrogen) atoms. The summed E-state index contributed by atoms with van der Waals surface area (Å²) in [5.41, 5.74) is 6.34. The van der Waals surface area contributed by atoms with Crippen molar-refractivity contribution < 1.29 is 9.59 Å². The highest BCUT2D eigenvalue weighted by Gasteiger charge is 2.27. The molecule has 0 radical (unpaired) electrons. The Hall–Kier alpha value is -3.49. The molecule has 2 aromatic carbocycles. The van der Waals surface area contributed by atoms with Crippen LogP contribution in [0.25, 0.3) is 0 Å². The summed E-state index contributed by atoms with van der Waals surface area (Å²) < 4.78 is 1.80. The highest BCUT2D eigenvalue weighted by atomic mass is 16.2. The summed E-state index contributed by atoms with van der Waals surface area (Å²) in [6.07, 6.45) is 2.19. The lowest BCUT2D eigenvalue weighted by Gasteiger charge is -2.26. The summed E-state index contributed by atoms with van der Waals surface area (Å²) >= 11 is 0. The van der Waals surface area contributed by atoms with E-state index in [-0.39, 0.29) is 11.7 Å². The van der Waals surface area contributed by atoms with Gasteiger partial charge in [-0.1, -0.05) is 12.1 Å². The lowest BCUT2D eigenvalue weighted by Crippen LogP contribution is -2.45. The summed E-state index contributed by atoms with van der Waals surface area (Å²) in [6.45, 7) is 8.59. The molecule has 8 nitrogen and oxygen atoms in total. The third-order valence-corrected chi connectivity index (χ3v) is 6.87. The fraction of sp³-hybridized carbons (Fsp3) is 0.370. The van der Waals surface area contributed by atoms with Gasteiger partial charge in [-0.15, -0.1) is 0 Å². The van der Waals surface area contributed by atoms with Crippen molar-refractivity contribution >= 4 is 28.9 Å². The number of carbonyl (C=O) groups is 2. The molecule has 3 aromatic rings. The zero-order valence-corrected chi connectivity index (χ0v) is 20.6. The number of fused-ring (bicyclic) bond motifs is 2. The van der Waals surface area contributed by atoms with Gasteiger partial charge in [0.15, 0.2) is 5.78 Å². The maximum absolute atomic E-state index is 13.8. The molecular formula is C27H32N6O2. The van der Waals surface area contributed by atoms with Crippen molar-refractivity contribution in [1.82, 2.24) is 20.0 Å². The maximum atomic E-state index is 13.8. The van der Waals surface area contributed by atoms with Gasteiger partial charge in [0.05, 0.1) is 30.7 Å². The fourth-order valence-corrected chi connectivity index (χ4v) is 4.88. The Kier molecular flexibility index (Phi) is 6.40. The van der Waals surface area contributed by atoms with Gasteiger partial charge in [0.1, 0.15) is 5.82 Å². The Bertz CT molecular complexity index is 1270. The van der Waals surface area contributed by atoms with Crippen LogP contribution in [0, 0.1) is 13.8 Å². The number of hydrogen-bond acceptors (Lipinski definition) is 6. The lowest BCUT2D eigenvalue weighted by molar-refractivity contribution is -0.119. The average molecular weight is 473 g/mol. The minimum Gasteiger partial charge on any atom is -0.338 e. The summed E-state index contributed by atoms with van der Waals surface area (Å²) in [7, 11) is 1.89. The normalized spacial score (nSPS) is 15.7. The number of nitrogens with one attached hydrogen (secondary N) is 2. The number of carbonyl (C=O) groups excluding carboxylic acids is 2. The van der Waals surface area contributed by atoms with E-state index in [9.17, 15) is 9.59 Å². The highest BCUT2D eigenvalue weighted by molar-refractivity contribution is 6.08. The van der Waals surface area contributed by atoms with Crippen LogP contribution >= 0.6 is 0 Å². The number of amides is 1. The summed E-state index contributed by atoms with van der Waals surface area (Å²) in [6, 6.07) is 11.7. The molecule has 1 saturated heterocycles. The lowest BCUT2D eigenvalue weighted by atomic mass is 9.99. The molecule has 2 aliphatic heterocycles. The Morgan fingerprint density at radius 3 is 2.63 bits per heavy atom. The molecule has 0 atom stereocenters. The van der Waals surface area contributed by atoms with Gasteiger partial charge in [0.25, 0.3) is 5.91 Å². The van der Waals surface area contributed by atoms with Crippen LogP contribution in [0.3, 0.4) is 0 Å². The van der Waals surface area contributed by atoms with Crippen molar-refractivity contribution in [3.05, 3.63) is 70.4 Å². The number of hydrogen-bond donors (Lipinski definition) is 2. The smallest absolute Gasteiger partial charge is 0.258 e. The molecule has 2 N–H and O–H groups in total. The van der Waals surface area contributed by atoms with Gasteiger partial charge >= 0.3 is 0 Å². The molecule has 2 aliphatic rings. The molecular weight excluding hydrogens is 440 g/mol. The Morgan fingerprint density at radius 1 is 1.06 bits per heavy atom. The first-order valence-electron chi connectivity index (χ1n) is 12.1. The topological polar surface area (TPSA) is 82.5 Å². The van der Waals surface area contributed by atoms with Gasteiger partial charge in [-0.25, -0.2) is 0 Å². The van der Waals surface area contributed by atoms with Crippen LogP contribution in [0.4, 0.5) is 17.2 Å². The first-order valence-corrected chi connectivity index (χ1v) is 12.1. The second kappa shape index (κ2) is 9.64. The first-order chi connectivity index (χ1) is 16.9. The Labute approximate surface area is 205 Å². The number of aromatic nitrogens is 2. The third kappa shape index (κ3) is 4.85. The number of Topliss-reactive ketones (excluding diaryl/α,β-unsaturated/α-hetero) is 1. The molecule has 0 aliphatic carbocycles. The van der Waals surface area contributed by atoms with E-state index >= 15 is 0 Å². The van der Waals surface area contributed by atoms with E-state index in [4.69, 9.17) is 0 Å². The molecule has 0 bridgehead atoms. The predicted molar refractivity (Wildman–Crippen MR) is 137 cm³/mol. The van der Waals surface area contributed by atoms with Crippen molar-refractivity contribution in [2.45, 2.75) is 26.8 Å². The van der Waals surface area contributed by atoms with Gasteiger partial charge in [0.2, 0.25) is 0 Å². The predicted octanol–water partition coefficient (Wildman–Crippen LogP) is 2.96. The van der Waals surface area contributed by atoms with Crippen LogP contribution in [0.5, 0.6) is 0 Å². The number of rotatable bonds is 5. The van der Waals surface area contributed by atoms with Crippen molar-refractivity contribution in [3.63, 3.8) is 0 Å². The fourth-order valence-electron chi connectivity index (χ4n) is 4.88. The van der Waals surface area contributed by atoms with E-state index in [1.54, 1.807) is 15.8 Å². The zero-order chi connectivity index (χ0) is 24.5. The monoisotopic (exact) mass is 472 g/mol. The van der Waals surface area contributed by atoms with Crippen LogP contribution in [0.1, 0.15) is 32.6 Å². The summed E-state index contributed by atoms with van der Waals surface area (Å²) in [5.74, 6) is 1.03. The molecule has 5 rings (SSSR count). The Morgan fingerprint density at radius 2 is 1.86 bits per heavy atom. The van der Waals surface area contributed by atoms with E-state index in [0.717, 1.165) is 65.6 Å². The van der Waals surface area contributed by atoms with Gasteiger partial charge in [0, 0.05) is 50.8 Å². The highest BCUT2D eigenvalue weighted by Crippen LogP contribution is 2.37. The SMILES string of the molecule is Cc1ccc2c(c1)Nc1c(cnn1C)CN2C(=O)c1ccc(CC(=O)CN2CCNCC2)c(C)c1. The molecule has 3 heterocycles.